The molecule has 0 heterocycles. The summed E-state index contributed by atoms with van der Waals surface area (Å²) in [6.07, 6.45) is 22.9. The molecular weight excluding hydrogens is 835 g/mol. The number of benzene rings is 2. The maximum Gasteiger partial charge on any atom is 2.00 e. The molecule has 2 aromatic rings. The first-order valence-corrected chi connectivity index (χ1v) is 29.0. The van der Waals surface area contributed by atoms with E-state index in [0.29, 0.717) is 0 Å². The average molecular weight is 879 g/mol. The first-order chi connectivity index (χ1) is 21.4. The van der Waals surface area contributed by atoms with Crippen molar-refractivity contribution >= 4 is 117 Å². The molecule has 0 saturated carbocycles. The van der Waals surface area contributed by atoms with Gasteiger partial charge in [0.1, 0.15) is 0 Å². The summed E-state index contributed by atoms with van der Waals surface area (Å²) < 4.78 is 0. The fourth-order valence-corrected chi connectivity index (χ4v) is 12.4. The summed E-state index contributed by atoms with van der Waals surface area (Å²) in [6, 6.07) is 14.7. The number of hydrogen-bond donors (Lipinski definition) is 0. The number of hydrogen-bond acceptors (Lipinski definition) is 4. The van der Waals surface area contributed by atoms with E-state index in [1.807, 2.05) is 47.0 Å². The van der Waals surface area contributed by atoms with E-state index in [0.717, 1.165) is 0 Å². The smallest absolute Gasteiger partial charge is 1.00 e. The van der Waals surface area contributed by atoms with Gasteiger partial charge in [0.15, 0.2) is 0 Å². The minimum absolute atomic E-state index is 0. The van der Waals surface area contributed by atoms with Crippen LogP contribution in [0.15, 0.2) is 115 Å². The Bertz CT molecular complexity index is 1580. The zero-order valence-corrected chi connectivity index (χ0v) is 41.5. The second kappa shape index (κ2) is 20.2. The number of allylic oxidation sites excluding steroid dienone is 12. The summed E-state index contributed by atoms with van der Waals surface area (Å²) in [5, 5.41) is 6.44. The summed E-state index contributed by atoms with van der Waals surface area (Å²) in [7, 11) is -0.408. The van der Waals surface area contributed by atoms with Crippen molar-refractivity contribution in [3.63, 3.8) is 0 Å². The molecule has 0 nitrogen and oxygen atoms in total. The molecular formula is C36H44Cl2S4Si4Zr. The van der Waals surface area contributed by atoms with Crippen molar-refractivity contribution in [1.29, 1.82) is 0 Å². The van der Waals surface area contributed by atoms with Gasteiger partial charge >= 0.3 is 26.2 Å². The maximum absolute atomic E-state index is 2.47. The molecule has 2 aromatic carbocycles. The molecule has 0 fully saturated rings. The third-order valence-electron chi connectivity index (χ3n) is 8.66. The van der Waals surface area contributed by atoms with E-state index in [9.17, 15) is 0 Å². The number of thioether (sulfide) groups is 4. The van der Waals surface area contributed by atoms with Crippen LogP contribution >= 0.6 is 47.0 Å². The van der Waals surface area contributed by atoms with Crippen molar-refractivity contribution in [2.75, 3.05) is 25.0 Å². The second-order valence-electron chi connectivity index (χ2n) is 11.2. The van der Waals surface area contributed by atoms with Crippen molar-refractivity contribution in [3.05, 3.63) is 126 Å². The minimum atomic E-state index is -0.102. The Morgan fingerprint density at radius 3 is 0.979 bits per heavy atom. The van der Waals surface area contributed by atoms with Gasteiger partial charge in [-0.15, -0.1) is 47.0 Å². The van der Waals surface area contributed by atoms with Crippen LogP contribution in [0.1, 0.15) is 11.1 Å². The van der Waals surface area contributed by atoms with Crippen LogP contribution in [0.25, 0.3) is 11.1 Å². The molecule has 6 rings (SSSR count). The van der Waals surface area contributed by atoms with E-state index in [1.54, 1.807) is 20.7 Å². The predicted octanol–water partition coefficient (Wildman–Crippen LogP) is -0.850. The van der Waals surface area contributed by atoms with Crippen LogP contribution in [0.2, 0.25) is 26.2 Å². The molecule has 47 heavy (non-hydrogen) atoms. The third-order valence-corrected chi connectivity index (χ3v) is 16.5. The Balaban J connectivity index is 0.000000307. The van der Waals surface area contributed by atoms with E-state index >= 15 is 0 Å². The normalized spacial score (nSPS) is 16.6. The van der Waals surface area contributed by atoms with E-state index < -0.39 is 0 Å². The maximum atomic E-state index is 2.47. The molecule has 0 aromatic heterocycles. The third kappa shape index (κ3) is 9.70. The molecule has 0 atom stereocenters. The van der Waals surface area contributed by atoms with Gasteiger partial charge in [0.05, 0.1) is 38.1 Å². The van der Waals surface area contributed by atoms with Crippen LogP contribution in [0.3, 0.4) is 0 Å². The van der Waals surface area contributed by atoms with Gasteiger partial charge in [-0.25, -0.2) is 0 Å². The first kappa shape index (κ1) is 43.3. The van der Waals surface area contributed by atoms with Crippen LogP contribution in [0.4, 0.5) is 0 Å². The van der Waals surface area contributed by atoms with E-state index in [-0.39, 0.29) is 89.1 Å². The van der Waals surface area contributed by atoms with Crippen molar-refractivity contribution < 1.29 is 51.0 Å². The quantitative estimate of drug-likeness (QED) is 0.286. The molecule has 0 unspecified atom stereocenters. The van der Waals surface area contributed by atoms with Crippen molar-refractivity contribution in [2.24, 2.45) is 0 Å². The summed E-state index contributed by atoms with van der Waals surface area (Å²) in [5.41, 5.74) is 11.5. The van der Waals surface area contributed by atoms with Gasteiger partial charge in [0.2, 0.25) is 0 Å². The standard InChI is InChI=1S/2C18H22S2Si2.2ClH.Zr/c2*1-19-12-7-16-15(10-18(20-2)17(16)8-12)11-5-13(21-3)9-14(6-11)22-4;;;/h2*5-10H,21-22H2,1-4H3;2*1H;/q;;;;+2/p-2. The Morgan fingerprint density at radius 2 is 0.723 bits per heavy atom. The predicted molar refractivity (Wildman–Crippen MR) is 225 cm³/mol. The van der Waals surface area contributed by atoms with Crippen molar-refractivity contribution in [3.8, 4) is 0 Å². The molecule has 0 radical (unpaired) electrons. The van der Waals surface area contributed by atoms with Gasteiger partial charge < -0.3 is 24.8 Å². The van der Waals surface area contributed by atoms with Gasteiger partial charge in [-0.1, -0.05) is 83.3 Å². The molecule has 0 spiro atoms. The zero-order chi connectivity index (χ0) is 31.4. The van der Waals surface area contributed by atoms with Gasteiger partial charge in [-0.3, -0.25) is 0 Å². The van der Waals surface area contributed by atoms with Gasteiger partial charge in [-0.05, 0) is 106 Å². The van der Waals surface area contributed by atoms with Crippen LogP contribution < -0.4 is 45.6 Å². The summed E-state index contributed by atoms with van der Waals surface area (Å²) in [4.78, 5) is 5.60. The van der Waals surface area contributed by atoms with E-state index in [1.165, 1.54) is 64.2 Å². The number of fused-ring (bicyclic) bond motifs is 2. The monoisotopic (exact) mass is 876 g/mol. The largest absolute Gasteiger partial charge is 2.00 e. The fraction of sp³-hybridized carbons (Fsp3) is 0.222. The Hall–Kier alpha value is 0.0906. The van der Waals surface area contributed by atoms with Crippen LogP contribution in [-0.2, 0) is 26.2 Å². The number of rotatable bonds is 10. The van der Waals surface area contributed by atoms with Crippen LogP contribution in [0.5, 0.6) is 0 Å². The Labute approximate surface area is 341 Å². The minimum Gasteiger partial charge on any atom is -1.00 e. The topological polar surface area (TPSA) is 0 Å². The van der Waals surface area contributed by atoms with Gasteiger partial charge in [0, 0.05) is 19.6 Å². The molecule has 4 aliphatic rings. The molecule has 0 amide bonds. The van der Waals surface area contributed by atoms with Crippen molar-refractivity contribution in [2.45, 2.75) is 26.2 Å². The van der Waals surface area contributed by atoms with Crippen molar-refractivity contribution in [1.82, 2.24) is 0 Å². The Kier molecular flexibility index (Phi) is 18.6. The average Bonchev–Trinajstić information content (AvgIpc) is 3.84. The fourth-order valence-electron chi connectivity index (χ4n) is 6.09. The molecule has 0 saturated heterocycles. The van der Waals surface area contributed by atoms with Gasteiger partial charge in [-0.2, -0.15) is 0 Å². The first-order valence-electron chi connectivity index (χ1n) is 15.6. The molecule has 0 N–H and O–H groups in total. The molecule has 0 bridgehead atoms. The zero-order valence-electron chi connectivity index (χ0n) is 28.6. The van der Waals surface area contributed by atoms with E-state index in [4.69, 9.17) is 0 Å². The van der Waals surface area contributed by atoms with Gasteiger partial charge in [0.25, 0.3) is 0 Å². The summed E-state index contributed by atoms with van der Waals surface area (Å²) >= 11 is 7.42. The summed E-state index contributed by atoms with van der Waals surface area (Å²) in [5.74, 6) is 0. The van der Waals surface area contributed by atoms with Crippen LogP contribution in [-0.4, -0.2) is 63.1 Å². The second-order valence-corrected chi connectivity index (χ2v) is 20.7. The SMILES string of the molecule is C[SiH2]c1cc([SiH2]C)cc(C2=C3C=C(SC)C=C3C(SC)=C2)c1.C[SiH2]c1cc([SiH2]C)cc(C2=C3C=C(SC)C=C3C(SC)=C2)c1.[Cl-].[Cl-].[Zr+2]. The Morgan fingerprint density at radius 1 is 0.404 bits per heavy atom. The molecule has 246 valence electrons. The summed E-state index contributed by atoms with van der Waals surface area (Å²) in [6.45, 7) is 9.56. The van der Waals surface area contributed by atoms with E-state index in [2.05, 4.69) is 124 Å². The molecule has 4 aliphatic carbocycles. The molecule has 11 heteroatoms. The molecule has 0 aliphatic heterocycles. The number of halogens is 2. The van der Waals surface area contributed by atoms with Crippen LogP contribution in [0, 0.1) is 0 Å².